The van der Waals surface area contributed by atoms with Crippen LogP contribution < -0.4 is 10.1 Å². The van der Waals surface area contributed by atoms with Crippen LogP contribution in [0.2, 0.25) is 10.0 Å². The van der Waals surface area contributed by atoms with E-state index >= 15 is 0 Å². The quantitative estimate of drug-likeness (QED) is 0.628. The third kappa shape index (κ3) is 6.81. The Morgan fingerprint density at radius 1 is 1.24 bits per heavy atom. The van der Waals surface area contributed by atoms with Crippen molar-refractivity contribution in [3.05, 3.63) is 63.6 Å². The summed E-state index contributed by atoms with van der Waals surface area (Å²) in [6, 6.07) is 13.2. The van der Waals surface area contributed by atoms with Crippen molar-refractivity contribution in [1.29, 1.82) is 0 Å². The van der Waals surface area contributed by atoms with Gasteiger partial charge in [-0.1, -0.05) is 35.3 Å². The van der Waals surface area contributed by atoms with Gasteiger partial charge in [0.2, 0.25) is 0 Å². The van der Waals surface area contributed by atoms with Crippen LogP contribution >= 0.6 is 35.0 Å². The third-order valence-corrected chi connectivity index (χ3v) is 5.20. The molecule has 134 valence electrons. The molecule has 6 heteroatoms. The molecule has 0 saturated heterocycles. The van der Waals surface area contributed by atoms with Crippen molar-refractivity contribution in [3.63, 3.8) is 0 Å². The van der Waals surface area contributed by atoms with Crippen LogP contribution in [0.1, 0.15) is 18.1 Å². The number of hydrogen-bond donors (Lipinski definition) is 1. The fraction of sp³-hybridized carbons (Fsp3) is 0.316. The third-order valence-electron chi connectivity index (χ3n) is 3.51. The molecule has 2 aromatic rings. The molecule has 2 aromatic carbocycles. The van der Waals surface area contributed by atoms with Crippen molar-refractivity contribution in [1.82, 2.24) is 5.32 Å². The van der Waals surface area contributed by atoms with Crippen LogP contribution in [0.25, 0.3) is 0 Å². The smallest absolute Gasteiger partial charge is 0.260 e. The van der Waals surface area contributed by atoms with E-state index in [0.717, 1.165) is 22.1 Å². The number of hydrogen-bond acceptors (Lipinski definition) is 3. The first-order valence-electron chi connectivity index (χ1n) is 7.98. The number of aryl methyl sites for hydroxylation is 1. The molecular formula is C19H21Cl2NO2S. The summed E-state index contributed by atoms with van der Waals surface area (Å²) >= 11 is 13.7. The van der Waals surface area contributed by atoms with Crippen molar-refractivity contribution >= 4 is 40.9 Å². The minimum atomic E-state index is -0.557. The SMILES string of the molecule is Cc1cc(O[C@@H](C)C(=O)NCCSCc2cccc(Cl)c2)ccc1Cl. The van der Waals surface area contributed by atoms with Crippen molar-refractivity contribution < 1.29 is 9.53 Å². The van der Waals surface area contributed by atoms with Crippen LogP contribution in [0.5, 0.6) is 5.75 Å². The number of carbonyl (C=O) groups excluding carboxylic acids is 1. The second-order valence-electron chi connectivity index (χ2n) is 5.64. The maximum atomic E-state index is 12.1. The monoisotopic (exact) mass is 397 g/mol. The molecule has 1 N–H and O–H groups in total. The van der Waals surface area contributed by atoms with Crippen molar-refractivity contribution in [3.8, 4) is 5.75 Å². The van der Waals surface area contributed by atoms with Gasteiger partial charge in [-0.3, -0.25) is 4.79 Å². The molecule has 25 heavy (non-hydrogen) atoms. The maximum absolute atomic E-state index is 12.1. The van der Waals surface area contributed by atoms with E-state index in [1.807, 2.05) is 37.3 Å². The fourth-order valence-electron chi connectivity index (χ4n) is 2.16. The highest BCUT2D eigenvalue weighted by atomic mass is 35.5. The average Bonchev–Trinajstić information content (AvgIpc) is 2.57. The van der Waals surface area contributed by atoms with Crippen LogP contribution in [0, 0.1) is 6.92 Å². The second kappa shape index (κ2) is 9.95. The number of carbonyl (C=O) groups is 1. The lowest BCUT2D eigenvalue weighted by Crippen LogP contribution is -2.37. The van der Waals surface area contributed by atoms with Gasteiger partial charge in [0, 0.05) is 28.1 Å². The summed E-state index contributed by atoms with van der Waals surface area (Å²) in [5.74, 6) is 2.20. The van der Waals surface area contributed by atoms with Gasteiger partial charge < -0.3 is 10.1 Å². The summed E-state index contributed by atoms with van der Waals surface area (Å²) in [6.07, 6.45) is -0.557. The van der Waals surface area contributed by atoms with E-state index in [1.54, 1.807) is 30.8 Å². The Morgan fingerprint density at radius 2 is 2.04 bits per heavy atom. The van der Waals surface area contributed by atoms with E-state index in [4.69, 9.17) is 27.9 Å². The van der Waals surface area contributed by atoms with E-state index < -0.39 is 6.10 Å². The molecule has 0 unspecified atom stereocenters. The van der Waals surface area contributed by atoms with Gasteiger partial charge in [-0.15, -0.1) is 0 Å². The first-order chi connectivity index (χ1) is 12.0. The van der Waals surface area contributed by atoms with Gasteiger partial charge in [0.05, 0.1) is 0 Å². The molecule has 0 saturated carbocycles. The maximum Gasteiger partial charge on any atom is 0.260 e. The van der Waals surface area contributed by atoms with Crippen LogP contribution in [-0.2, 0) is 10.5 Å². The van der Waals surface area contributed by atoms with Crippen LogP contribution in [0.15, 0.2) is 42.5 Å². The van der Waals surface area contributed by atoms with Crippen molar-refractivity contribution in [2.75, 3.05) is 12.3 Å². The number of nitrogens with one attached hydrogen (secondary N) is 1. The normalized spacial score (nSPS) is 11.8. The zero-order chi connectivity index (χ0) is 18.2. The molecule has 0 spiro atoms. The molecule has 3 nitrogen and oxygen atoms in total. The Balaban J connectivity index is 1.68. The topological polar surface area (TPSA) is 38.3 Å². The lowest BCUT2D eigenvalue weighted by molar-refractivity contribution is -0.127. The molecule has 0 aliphatic rings. The number of benzene rings is 2. The lowest BCUT2D eigenvalue weighted by atomic mass is 10.2. The summed E-state index contributed by atoms with van der Waals surface area (Å²) in [5, 5.41) is 4.32. The predicted octanol–water partition coefficient (Wildman–Crippen LogP) is 5.12. The Morgan fingerprint density at radius 3 is 2.76 bits per heavy atom. The van der Waals surface area contributed by atoms with E-state index in [2.05, 4.69) is 5.32 Å². The molecule has 0 heterocycles. The van der Waals surface area contributed by atoms with Crippen LogP contribution in [0.3, 0.4) is 0 Å². The molecule has 0 aliphatic carbocycles. The Kier molecular flexibility index (Phi) is 7.94. The molecule has 1 amide bonds. The van der Waals surface area contributed by atoms with E-state index in [1.165, 1.54) is 5.56 Å². The summed E-state index contributed by atoms with van der Waals surface area (Å²) in [5.41, 5.74) is 2.10. The molecule has 0 fully saturated rings. The summed E-state index contributed by atoms with van der Waals surface area (Å²) in [6.45, 7) is 4.23. The Bertz CT molecular complexity index is 724. The summed E-state index contributed by atoms with van der Waals surface area (Å²) < 4.78 is 5.66. The zero-order valence-electron chi connectivity index (χ0n) is 14.2. The first kappa shape index (κ1) is 20.0. The van der Waals surface area contributed by atoms with Gasteiger partial charge >= 0.3 is 0 Å². The number of rotatable bonds is 8. The van der Waals surface area contributed by atoms with Gasteiger partial charge in [0.25, 0.3) is 5.91 Å². The Labute approximate surface area is 163 Å². The average molecular weight is 398 g/mol. The number of halogens is 2. The van der Waals surface area contributed by atoms with Gasteiger partial charge in [-0.05, 0) is 55.3 Å². The van der Waals surface area contributed by atoms with Crippen LogP contribution in [-0.4, -0.2) is 24.3 Å². The van der Waals surface area contributed by atoms with Gasteiger partial charge in [0.1, 0.15) is 5.75 Å². The summed E-state index contributed by atoms with van der Waals surface area (Å²) in [7, 11) is 0. The summed E-state index contributed by atoms with van der Waals surface area (Å²) in [4.78, 5) is 12.1. The van der Waals surface area contributed by atoms with Crippen molar-refractivity contribution in [2.24, 2.45) is 0 Å². The standard InChI is InChI=1S/C19H21Cl2NO2S/c1-13-10-17(6-7-18(13)21)24-14(2)19(23)22-8-9-25-12-15-4-3-5-16(20)11-15/h3-7,10-11,14H,8-9,12H2,1-2H3,(H,22,23)/t14-/m0/s1. The first-order valence-corrected chi connectivity index (χ1v) is 9.89. The highest BCUT2D eigenvalue weighted by molar-refractivity contribution is 7.98. The molecule has 0 bridgehead atoms. The highest BCUT2D eigenvalue weighted by Crippen LogP contribution is 2.22. The number of thioether (sulfide) groups is 1. The van der Waals surface area contributed by atoms with Gasteiger partial charge in [-0.25, -0.2) is 0 Å². The zero-order valence-corrected chi connectivity index (χ0v) is 16.5. The molecule has 0 aromatic heterocycles. The fourth-order valence-corrected chi connectivity index (χ4v) is 3.29. The number of ether oxygens (including phenoxy) is 1. The largest absolute Gasteiger partial charge is 0.481 e. The molecule has 1 atom stereocenters. The van der Waals surface area contributed by atoms with Crippen molar-refractivity contribution in [2.45, 2.75) is 25.7 Å². The van der Waals surface area contributed by atoms with E-state index in [9.17, 15) is 4.79 Å². The lowest BCUT2D eigenvalue weighted by Gasteiger charge is -2.15. The van der Waals surface area contributed by atoms with Gasteiger partial charge in [-0.2, -0.15) is 11.8 Å². The second-order valence-corrected chi connectivity index (χ2v) is 7.59. The minimum absolute atomic E-state index is 0.129. The molecule has 2 rings (SSSR count). The molecular weight excluding hydrogens is 377 g/mol. The molecule has 0 radical (unpaired) electrons. The Hall–Kier alpha value is -1.36. The van der Waals surface area contributed by atoms with Gasteiger partial charge in [0.15, 0.2) is 6.10 Å². The van der Waals surface area contributed by atoms with Crippen LogP contribution in [0.4, 0.5) is 0 Å². The highest BCUT2D eigenvalue weighted by Gasteiger charge is 2.14. The predicted molar refractivity (Wildman–Crippen MR) is 107 cm³/mol. The number of amides is 1. The van der Waals surface area contributed by atoms with E-state index in [0.29, 0.717) is 17.3 Å². The van der Waals surface area contributed by atoms with E-state index in [-0.39, 0.29) is 5.91 Å². The molecule has 0 aliphatic heterocycles. The minimum Gasteiger partial charge on any atom is -0.481 e.